The van der Waals surface area contributed by atoms with Gasteiger partial charge in [-0.3, -0.25) is 0 Å². The smallest absolute Gasteiger partial charge is 0.173 e. The summed E-state index contributed by atoms with van der Waals surface area (Å²) >= 11 is 0. The van der Waals surface area contributed by atoms with Crippen molar-refractivity contribution in [1.82, 2.24) is 0 Å². The van der Waals surface area contributed by atoms with Crippen molar-refractivity contribution in [1.29, 1.82) is 0 Å². The molecule has 0 unspecified atom stereocenters. The molecule has 3 heteroatoms. The third-order valence-corrected chi connectivity index (χ3v) is 2.67. The van der Waals surface area contributed by atoms with Crippen LogP contribution in [-0.4, -0.2) is 14.1 Å². The van der Waals surface area contributed by atoms with Crippen molar-refractivity contribution in [3.8, 4) is 0 Å². The third kappa shape index (κ3) is 3.03. The lowest BCUT2D eigenvalue weighted by Crippen LogP contribution is -2.33. The number of pyridine rings is 1. The minimum atomic E-state index is -0.193. The Hall–Kier alpha value is -1.90. The zero-order chi connectivity index (χ0) is 12.3. The summed E-state index contributed by atoms with van der Waals surface area (Å²) in [6.07, 6.45) is 4.05. The van der Waals surface area contributed by atoms with E-state index >= 15 is 0 Å². The lowest BCUT2D eigenvalue weighted by Gasteiger charge is -2.10. The fraction of sp³-hybridized carbons (Fsp3) is 0.214. The molecule has 0 bridgehead atoms. The van der Waals surface area contributed by atoms with Gasteiger partial charge in [0.25, 0.3) is 0 Å². The molecule has 2 rings (SSSR count). The Labute approximate surface area is 101 Å². The average molecular weight is 231 g/mol. The largest absolute Gasteiger partial charge is 0.377 e. The van der Waals surface area contributed by atoms with Gasteiger partial charge in [-0.15, -0.1) is 0 Å². The van der Waals surface area contributed by atoms with Crippen molar-refractivity contribution in [2.75, 3.05) is 19.0 Å². The van der Waals surface area contributed by atoms with E-state index in [-0.39, 0.29) is 5.82 Å². The molecule has 0 atom stereocenters. The van der Waals surface area contributed by atoms with Crippen molar-refractivity contribution in [2.24, 2.45) is 0 Å². The van der Waals surface area contributed by atoms with E-state index in [1.807, 2.05) is 38.6 Å². The molecule has 1 aromatic carbocycles. The van der Waals surface area contributed by atoms with Gasteiger partial charge in [-0.05, 0) is 24.3 Å². The van der Waals surface area contributed by atoms with Gasteiger partial charge in [-0.1, -0.05) is 0 Å². The molecule has 0 aliphatic carbocycles. The summed E-state index contributed by atoms with van der Waals surface area (Å²) in [4.78, 5) is 2.06. The van der Waals surface area contributed by atoms with E-state index in [1.165, 1.54) is 17.8 Å². The molecule has 17 heavy (non-hydrogen) atoms. The standard InChI is InChI=1S/C14H16FN2/c1-16(2)14-7-9-17(10-8-14)11-12-3-5-13(15)6-4-12/h3-10H,11H2,1-2H3/q+1. The topological polar surface area (TPSA) is 7.12 Å². The van der Waals surface area contributed by atoms with Crippen LogP contribution in [0.15, 0.2) is 48.8 Å². The first-order valence-electron chi connectivity index (χ1n) is 5.56. The van der Waals surface area contributed by atoms with Crippen LogP contribution in [0.2, 0.25) is 0 Å². The van der Waals surface area contributed by atoms with Crippen LogP contribution in [0.5, 0.6) is 0 Å². The second-order valence-corrected chi connectivity index (χ2v) is 4.25. The van der Waals surface area contributed by atoms with E-state index in [0.717, 1.165) is 12.1 Å². The van der Waals surface area contributed by atoms with E-state index in [1.54, 1.807) is 0 Å². The number of rotatable bonds is 3. The Balaban J connectivity index is 2.11. The maximum Gasteiger partial charge on any atom is 0.173 e. The minimum absolute atomic E-state index is 0.193. The van der Waals surface area contributed by atoms with Gasteiger partial charge in [-0.25, -0.2) is 8.96 Å². The highest BCUT2D eigenvalue weighted by atomic mass is 19.1. The number of benzene rings is 1. The van der Waals surface area contributed by atoms with E-state index in [2.05, 4.69) is 21.6 Å². The second-order valence-electron chi connectivity index (χ2n) is 4.25. The number of nitrogens with zero attached hydrogens (tertiary/aromatic N) is 2. The molecule has 0 radical (unpaired) electrons. The molecule has 0 N–H and O–H groups in total. The number of halogens is 1. The summed E-state index contributed by atoms with van der Waals surface area (Å²) in [7, 11) is 4.03. The van der Waals surface area contributed by atoms with Crippen LogP contribution in [0.25, 0.3) is 0 Å². The summed E-state index contributed by atoms with van der Waals surface area (Å²) in [6.45, 7) is 0.758. The number of aromatic nitrogens is 1. The van der Waals surface area contributed by atoms with Gasteiger partial charge in [0.05, 0.1) is 0 Å². The molecular formula is C14H16FN2+. The number of hydrogen-bond donors (Lipinski definition) is 0. The van der Waals surface area contributed by atoms with Crippen LogP contribution < -0.4 is 9.47 Å². The second kappa shape index (κ2) is 4.95. The summed E-state index contributed by atoms with van der Waals surface area (Å²) in [5.41, 5.74) is 2.26. The fourth-order valence-corrected chi connectivity index (χ4v) is 1.65. The number of hydrogen-bond acceptors (Lipinski definition) is 1. The van der Waals surface area contributed by atoms with Crippen LogP contribution in [0.3, 0.4) is 0 Å². The van der Waals surface area contributed by atoms with Gasteiger partial charge < -0.3 is 4.90 Å². The average Bonchev–Trinajstić information content (AvgIpc) is 2.33. The molecule has 0 aliphatic rings. The van der Waals surface area contributed by atoms with Crippen molar-refractivity contribution in [3.63, 3.8) is 0 Å². The van der Waals surface area contributed by atoms with Gasteiger partial charge in [0.2, 0.25) is 0 Å². The minimum Gasteiger partial charge on any atom is -0.377 e. The Morgan fingerprint density at radius 1 is 1.00 bits per heavy atom. The molecule has 0 aliphatic heterocycles. The lowest BCUT2D eigenvalue weighted by molar-refractivity contribution is -0.688. The third-order valence-electron chi connectivity index (χ3n) is 2.67. The summed E-state index contributed by atoms with van der Waals surface area (Å²) in [5.74, 6) is -0.193. The normalized spacial score (nSPS) is 10.3. The molecule has 0 fully saturated rings. The Kier molecular flexibility index (Phi) is 3.38. The van der Waals surface area contributed by atoms with Gasteiger partial charge in [0, 0.05) is 37.5 Å². The van der Waals surface area contributed by atoms with Gasteiger partial charge in [0.15, 0.2) is 18.9 Å². The first-order valence-corrected chi connectivity index (χ1v) is 5.56. The van der Waals surface area contributed by atoms with Crippen molar-refractivity contribution in [3.05, 3.63) is 60.2 Å². The monoisotopic (exact) mass is 231 g/mol. The first-order chi connectivity index (χ1) is 8.15. The van der Waals surface area contributed by atoms with Crippen LogP contribution in [0.1, 0.15) is 5.56 Å². The van der Waals surface area contributed by atoms with Crippen molar-refractivity contribution >= 4 is 5.69 Å². The summed E-state index contributed by atoms with van der Waals surface area (Å²) < 4.78 is 14.8. The highest BCUT2D eigenvalue weighted by Gasteiger charge is 2.03. The van der Waals surface area contributed by atoms with Gasteiger partial charge in [0.1, 0.15) is 5.82 Å². The highest BCUT2D eigenvalue weighted by molar-refractivity contribution is 5.41. The zero-order valence-corrected chi connectivity index (χ0v) is 10.1. The Morgan fingerprint density at radius 2 is 1.59 bits per heavy atom. The molecule has 88 valence electrons. The van der Waals surface area contributed by atoms with Crippen LogP contribution in [0, 0.1) is 5.82 Å². The predicted molar refractivity (Wildman–Crippen MR) is 66.5 cm³/mol. The first kappa shape index (κ1) is 11.6. The predicted octanol–water partition coefficient (Wildman–Crippen LogP) is 2.23. The Bertz CT molecular complexity index is 475. The lowest BCUT2D eigenvalue weighted by atomic mass is 10.2. The van der Waals surface area contributed by atoms with Crippen molar-refractivity contribution in [2.45, 2.75) is 6.54 Å². The summed E-state index contributed by atoms with van der Waals surface area (Å²) in [5, 5.41) is 0. The maximum absolute atomic E-state index is 12.8. The molecular weight excluding hydrogens is 215 g/mol. The highest BCUT2D eigenvalue weighted by Crippen LogP contribution is 2.07. The fourth-order valence-electron chi connectivity index (χ4n) is 1.65. The van der Waals surface area contributed by atoms with Crippen LogP contribution >= 0.6 is 0 Å². The molecule has 1 aromatic heterocycles. The van der Waals surface area contributed by atoms with Crippen LogP contribution in [0.4, 0.5) is 10.1 Å². The molecule has 0 spiro atoms. The number of anilines is 1. The quantitative estimate of drug-likeness (QED) is 0.735. The van der Waals surface area contributed by atoms with E-state index < -0.39 is 0 Å². The molecule has 0 amide bonds. The van der Waals surface area contributed by atoms with E-state index in [0.29, 0.717) is 0 Å². The molecule has 2 nitrogen and oxygen atoms in total. The van der Waals surface area contributed by atoms with Gasteiger partial charge >= 0.3 is 0 Å². The van der Waals surface area contributed by atoms with E-state index in [4.69, 9.17) is 0 Å². The Morgan fingerprint density at radius 3 is 2.12 bits per heavy atom. The molecule has 0 saturated carbocycles. The van der Waals surface area contributed by atoms with Gasteiger partial charge in [-0.2, -0.15) is 0 Å². The van der Waals surface area contributed by atoms with E-state index in [9.17, 15) is 4.39 Å². The van der Waals surface area contributed by atoms with Crippen molar-refractivity contribution < 1.29 is 8.96 Å². The zero-order valence-electron chi connectivity index (χ0n) is 10.1. The molecule has 2 aromatic rings. The molecule has 0 saturated heterocycles. The molecule has 1 heterocycles. The summed E-state index contributed by atoms with van der Waals surface area (Å²) in [6, 6.07) is 10.7. The maximum atomic E-state index is 12.8. The SMILES string of the molecule is CN(C)c1cc[n+](Cc2ccc(F)cc2)cc1. The van der Waals surface area contributed by atoms with Crippen LogP contribution in [-0.2, 0) is 6.54 Å².